The van der Waals surface area contributed by atoms with Crippen molar-refractivity contribution in [1.82, 2.24) is 0 Å². The Hall–Kier alpha value is -4.78. The molecule has 1 fully saturated rings. The summed E-state index contributed by atoms with van der Waals surface area (Å²) in [4.78, 5) is 45.4. The number of hydrogen-bond donors (Lipinski definition) is 0. The average molecular weight is 550 g/mol. The van der Waals surface area contributed by atoms with Crippen molar-refractivity contribution in [3.63, 3.8) is 0 Å². The normalized spacial score (nSPS) is 22.0. The van der Waals surface area contributed by atoms with Crippen LogP contribution in [0.2, 0.25) is 0 Å². The zero-order chi connectivity index (χ0) is 28.5. The summed E-state index contributed by atoms with van der Waals surface area (Å²) in [6.07, 6.45) is -0.931. The fourth-order valence-corrected chi connectivity index (χ4v) is 6.94. The molecule has 0 N–H and O–H groups in total. The number of fused-ring (bicyclic) bond motifs is 5. The van der Waals surface area contributed by atoms with Crippen LogP contribution >= 0.6 is 0 Å². The van der Waals surface area contributed by atoms with Gasteiger partial charge in [-0.15, -0.1) is 0 Å². The fraction of sp³-hybridized carbons (Fsp3) is 0.147. The maximum atomic E-state index is 14.5. The van der Waals surface area contributed by atoms with E-state index >= 15 is 0 Å². The smallest absolute Gasteiger partial charge is 0.352 e. The second-order valence-electron chi connectivity index (χ2n) is 10.6. The lowest BCUT2D eigenvalue weighted by Gasteiger charge is -2.37. The summed E-state index contributed by atoms with van der Waals surface area (Å²) < 4.78 is 40.6. The molecule has 2 aliphatic heterocycles. The number of Topliss-reactive ketones (excluding diaryl/α,β-unsaturated/α-hetero) is 3. The highest BCUT2D eigenvalue weighted by Crippen LogP contribution is 2.61. The number of hydrogen-bond acceptors (Lipinski definition) is 4. The Balaban J connectivity index is 1.53. The van der Waals surface area contributed by atoms with E-state index in [1.165, 1.54) is 12.1 Å². The first kappa shape index (κ1) is 25.2. The summed E-state index contributed by atoms with van der Waals surface area (Å²) in [5.41, 5.74) is 0.101. The molecule has 1 saturated heterocycles. The summed E-state index contributed by atoms with van der Waals surface area (Å²) in [5, 5.41) is 0. The van der Waals surface area contributed by atoms with Crippen LogP contribution in [0.25, 0.3) is 6.08 Å². The Bertz CT molecular complexity index is 1720. The molecule has 1 spiro atoms. The molecule has 4 nitrogen and oxygen atoms in total. The van der Waals surface area contributed by atoms with Crippen molar-refractivity contribution in [3.8, 4) is 0 Å². The number of nitrogens with zero attached hydrogens (tertiary/aromatic N) is 1. The first-order valence-electron chi connectivity index (χ1n) is 13.2. The Morgan fingerprint density at radius 2 is 1.32 bits per heavy atom. The number of carbonyl (C=O) groups excluding carboxylic acids is 3. The predicted molar refractivity (Wildman–Crippen MR) is 148 cm³/mol. The minimum atomic E-state index is -4.57. The van der Waals surface area contributed by atoms with Crippen LogP contribution in [0.4, 0.5) is 18.9 Å². The third kappa shape index (κ3) is 3.44. The number of halogens is 3. The second kappa shape index (κ2) is 8.86. The standard InChI is InChI=1S/C34H22F3NO3/c35-34(36,37)23-17-14-21(15-18-23)28-29(30(39)22-9-2-1-3-10-22)38-26-13-7-4-8-20(26)16-19-27(38)33(28)31(40)24-11-5-6-12-25(24)32(33)41/h1-19,27-29H/t27-,28+,29-/m0/s1. The Labute approximate surface area is 233 Å². The van der Waals surface area contributed by atoms with E-state index in [0.717, 1.165) is 17.7 Å². The van der Waals surface area contributed by atoms with Crippen LogP contribution in [-0.4, -0.2) is 29.4 Å². The van der Waals surface area contributed by atoms with Crippen molar-refractivity contribution in [2.24, 2.45) is 5.41 Å². The van der Waals surface area contributed by atoms with E-state index in [2.05, 4.69) is 0 Å². The summed E-state index contributed by atoms with van der Waals surface area (Å²) in [7, 11) is 0. The van der Waals surface area contributed by atoms with Gasteiger partial charge in [-0.25, -0.2) is 0 Å². The predicted octanol–water partition coefficient (Wildman–Crippen LogP) is 7.02. The fourth-order valence-electron chi connectivity index (χ4n) is 6.94. The van der Waals surface area contributed by atoms with Gasteiger partial charge in [-0.05, 0) is 29.3 Å². The third-order valence-corrected chi connectivity index (χ3v) is 8.64. The van der Waals surface area contributed by atoms with E-state index in [4.69, 9.17) is 0 Å². The van der Waals surface area contributed by atoms with Crippen LogP contribution in [0.1, 0.15) is 53.7 Å². The molecule has 1 aliphatic carbocycles. The molecule has 202 valence electrons. The number of carbonyl (C=O) groups is 3. The molecule has 7 heteroatoms. The van der Waals surface area contributed by atoms with Crippen molar-refractivity contribution in [1.29, 1.82) is 0 Å². The van der Waals surface area contributed by atoms with Gasteiger partial charge in [0, 0.05) is 28.3 Å². The molecule has 0 bridgehead atoms. The molecule has 0 aromatic heterocycles. The highest BCUT2D eigenvalue weighted by Gasteiger charge is 2.71. The van der Waals surface area contributed by atoms with Gasteiger partial charge in [0.15, 0.2) is 17.3 Å². The van der Waals surface area contributed by atoms with E-state index in [9.17, 15) is 27.6 Å². The lowest BCUT2D eigenvalue weighted by Crippen LogP contribution is -2.48. The Kier molecular flexibility index (Phi) is 5.45. The molecule has 4 aromatic carbocycles. The molecule has 0 saturated carbocycles. The van der Waals surface area contributed by atoms with Gasteiger partial charge in [-0.3, -0.25) is 14.4 Å². The molecule has 3 aliphatic rings. The lowest BCUT2D eigenvalue weighted by molar-refractivity contribution is -0.137. The van der Waals surface area contributed by atoms with Crippen LogP contribution in [0.5, 0.6) is 0 Å². The largest absolute Gasteiger partial charge is 0.416 e. The van der Waals surface area contributed by atoms with Crippen LogP contribution in [0.3, 0.4) is 0 Å². The Morgan fingerprint density at radius 3 is 1.95 bits per heavy atom. The van der Waals surface area contributed by atoms with E-state index in [0.29, 0.717) is 16.8 Å². The quantitative estimate of drug-likeness (QED) is 0.204. The van der Waals surface area contributed by atoms with Crippen LogP contribution in [0, 0.1) is 5.41 Å². The van der Waals surface area contributed by atoms with Gasteiger partial charge < -0.3 is 4.90 Å². The summed E-state index contributed by atoms with van der Waals surface area (Å²) in [5.74, 6) is -2.24. The minimum absolute atomic E-state index is 0.259. The lowest BCUT2D eigenvalue weighted by atomic mass is 9.64. The van der Waals surface area contributed by atoms with Gasteiger partial charge in [0.25, 0.3) is 0 Å². The van der Waals surface area contributed by atoms with E-state index in [1.807, 2.05) is 35.2 Å². The maximum absolute atomic E-state index is 14.5. The summed E-state index contributed by atoms with van der Waals surface area (Å²) >= 11 is 0. The van der Waals surface area contributed by atoms with Gasteiger partial charge >= 0.3 is 6.18 Å². The number of benzene rings is 4. The van der Waals surface area contributed by atoms with Gasteiger partial charge in [0.2, 0.25) is 0 Å². The van der Waals surface area contributed by atoms with Crippen molar-refractivity contribution in [3.05, 3.63) is 143 Å². The van der Waals surface area contributed by atoms with Crippen LogP contribution in [-0.2, 0) is 6.18 Å². The van der Waals surface area contributed by atoms with Crippen molar-refractivity contribution in [2.75, 3.05) is 4.90 Å². The zero-order valence-corrected chi connectivity index (χ0v) is 21.5. The van der Waals surface area contributed by atoms with E-state index < -0.39 is 46.7 Å². The molecule has 41 heavy (non-hydrogen) atoms. The molecule has 2 heterocycles. The third-order valence-electron chi connectivity index (χ3n) is 8.64. The minimum Gasteiger partial charge on any atom is -0.352 e. The second-order valence-corrected chi connectivity index (χ2v) is 10.6. The molecule has 7 rings (SSSR count). The first-order chi connectivity index (χ1) is 19.7. The number of anilines is 1. The highest BCUT2D eigenvalue weighted by molar-refractivity contribution is 6.32. The summed E-state index contributed by atoms with van der Waals surface area (Å²) in [6, 6.07) is 25.2. The number of para-hydroxylation sites is 1. The molecular formula is C34H22F3NO3. The zero-order valence-electron chi connectivity index (χ0n) is 21.5. The highest BCUT2D eigenvalue weighted by atomic mass is 19.4. The molecule has 0 radical (unpaired) electrons. The molecule has 0 amide bonds. The first-order valence-corrected chi connectivity index (χ1v) is 13.2. The number of ketones is 3. The van der Waals surface area contributed by atoms with Crippen molar-refractivity contribution >= 4 is 29.1 Å². The van der Waals surface area contributed by atoms with Gasteiger partial charge in [-0.2, -0.15) is 13.2 Å². The SMILES string of the molecule is O=C(c1ccccc1)[C@@H]1[C@@H](c2ccc(C(F)(F)F)cc2)C2(C(=O)c3ccccc3C2=O)[C@@H]2C=Cc3ccccc3N12. The van der Waals surface area contributed by atoms with Gasteiger partial charge in [0.05, 0.1) is 11.6 Å². The van der Waals surface area contributed by atoms with Crippen molar-refractivity contribution < 1.29 is 27.6 Å². The summed E-state index contributed by atoms with van der Waals surface area (Å²) in [6.45, 7) is 0. The van der Waals surface area contributed by atoms with Crippen LogP contribution in [0.15, 0.2) is 109 Å². The Morgan fingerprint density at radius 1 is 0.732 bits per heavy atom. The molecule has 3 atom stereocenters. The monoisotopic (exact) mass is 549 g/mol. The van der Waals surface area contributed by atoms with Gasteiger partial charge in [0.1, 0.15) is 11.5 Å². The molecule has 0 unspecified atom stereocenters. The molecular weight excluding hydrogens is 527 g/mol. The number of alkyl halides is 3. The average Bonchev–Trinajstić information content (AvgIpc) is 3.43. The number of rotatable bonds is 3. The van der Waals surface area contributed by atoms with E-state index in [-0.39, 0.29) is 16.9 Å². The van der Waals surface area contributed by atoms with Crippen LogP contribution < -0.4 is 4.90 Å². The molecule has 4 aromatic rings. The topological polar surface area (TPSA) is 54.5 Å². The van der Waals surface area contributed by atoms with Gasteiger partial charge in [-0.1, -0.05) is 97.1 Å². The van der Waals surface area contributed by atoms with E-state index in [1.54, 1.807) is 60.7 Å². The maximum Gasteiger partial charge on any atom is 0.416 e. The van der Waals surface area contributed by atoms with Crippen molar-refractivity contribution in [2.45, 2.75) is 24.2 Å².